The van der Waals surface area contributed by atoms with Crippen LogP contribution in [0.1, 0.15) is 30.5 Å². The minimum atomic E-state index is -3.67. The Labute approximate surface area is 113 Å². The standard InChI is InChI=1S/C12H19N3O3S/c1-8-7-14-9(2)11(8)19(17,18)15-10-5-3-4-6-13-12(10)16/h7,10,14-15H,3-6H2,1-2H3,(H,13,16). The first-order valence-corrected chi connectivity index (χ1v) is 7.85. The van der Waals surface area contributed by atoms with Gasteiger partial charge in [0.2, 0.25) is 15.9 Å². The van der Waals surface area contributed by atoms with Crippen molar-refractivity contribution in [1.82, 2.24) is 15.0 Å². The smallest absolute Gasteiger partial charge is 0.243 e. The van der Waals surface area contributed by atoms with E-state index < -0.39 is 16.1 Å². The van der Waals surface area contributed by atoms with Gasteiger partial charge in [0, 0.05) is 18.4 Å². The van der Waals surface area contributed by atoms with Crippen LogP contribution in [0.15, 0.2) is 11.1 Å². The molecule has 1 aromatic heterocycles. The maximum Gasteiger partial charge on any atom is 0.243 e. The number of carbonyl (C=O) groups is 1. The minimum absolute atomic E-state index is 0.240. The molecule has 0 spiro atoms. The van der Waals surface area contributed by atoms with Crippen molar-refractivity contribution in [3.05, 3.63) is 17.5 Å². The first-order valence-electron chi connectivity index (χ1n) is 6.36. The molecule has 0 radical (unpaired) electrons. The van der Waals surface area contributed by atoms with Gasteiger partial charge in [0.1, 0.15) is 10.9 Å². The number of aromatic nitrogens is 1. The molecule has 3 N–H and O–H groups in total. The molecule has 7 heteroatoms. The van der Waals surface area contributed by atoms with Crippen LogP contribution in [0.4, 0.5) is 0 Å². The summed E-state index contributed by atoms with van der Waals surface area (Å²) in [6.07, 6.45) is 3.90. The number of rotatable bonds is 3. The lowest BCUT2D eigenvalue weighted by Crippen LogP contribution is -2.45. The topological polar surface area (TPSA) is 91.1 Å². The lowest BCUT2D eigenvalue weighted by Gasteiger charge is -2.15. The van der Waals surface area contributed by atoms with Gasteiger partial charge in [-0.05, 0) is 38.7 Å². The summed E-state index contributed by atoms with van der Waals surface area (Å²) in [7, 11) is -3.67. The molecule has 0 aromatic carbocycles. The summed E-state index contributed by atoms with van der Waals surface area (Å²) < 4.78 is 27.2. The number of aryl methyl sites for hydroxylation is 2. The molecular formula is C12H19N3O3S. The fraction of sp³-hybridized carbons (Fsp3) is 0.583. The lowest BCUT2D eigenvalue weighted by atomic mass is 10.1. The van der Waals surface area contributed by atoms with Gasteiger partial charge in [-0.1, -0.05) is 0 Å². The Balaban J connectivity index is 2.24. The number of carbonyl (C=O) groups excluding carboxylic acids is 1. The Morgan fingerprint density at radius 3 is 2.68 bits per heavy atom. The number of nitrogens with one attached hydrogen (secondary N) is 3. The van der Waals surface area contributed by atoms with Gasteiger partial charge in [-0.2, -0.15) is 4.72 Å². The van der Waals surface area contributed by atoms with Crippen LogP contribution in [0.5, 0.6) is 0 Å². The zero-order valence-electron chi connectivity index (χ0n) is 11.1. The van der Waals surface area contributed by atoms with Crippen molar-refractivity contribution in [3.63, 3.8) is 0 Å². The molecule has 2 rings (SSSR count). The maximum atomic E-state index is 12.3. The summed E-state index contributed by atoms with van der Waals surface area (Å²) in [5.41, 5.74) is 1.23. The molecule has 6 nitrogen and oxygen atoms in total. The second-order valence-corrected chi connectivity index (χ2v) is 6.54. The summed E-state index contributed by atoms with van der Waals surface area (Å²) >= 11 is 0. The summed E-state index contributed by atoms with van der Waals surface area (Å²) in [4.78, 5) is 14.9. The largest absolute Gasteiger partial charge is 0.364 e. The highest BCUT2D eigenvalue weighted by Gasteiger charge is 2.29. The lowest BCUT2D eigenvalue weighted by molar-refractivity contribution is -0.122. The molecule has 1 saturated heterocycles. The zero-order chi connectivity index (χ0) is 14.0. The Bertz CT molecular complexity index is 558. The monoisotopic (exact) mass is 285 g/mol. The van der Waals surface area contributed by atoms with Gasteiger partial charge in [-0.15, -0.1) is 0 Å². The highest BCUT2D eigenvalue weighted by molar-refractivity contribution is 7.89. The molecule has 0 aliphatic carbocycles. The predicted octanol–water partition coefficient (Wildman–Crippen LogP) is 0.579. The van der Waals surface area contributed by atoms with Gasteiger partial charge in [0.15, 0.2) is 0 Å². The van der Waals surface area contributed by atoms with Crippen LogP contribution < -0.4 is 10.0 Å². The van der Waals surface area contributed by atoms with Crippen LogP contribution in [0.25, 0.3) is 0 Å². The van der Waals surface area contributed by atoms with Gasteiger partial charge in [-0.3, -0.25) is 4.79 Å². The van der Waals surface area contributed by atoms with E-state index in [1.165, 1.54) is 0 Å². The number of hydrogen-bond acceptors (Lipinski definition) is 3. The van der Waals surface area contributed by atoms with E-state index in [2.05, 4.69) is 15.0 Å². The van der Waals surface area contributed by atoms with Crippen LogP contribution in [0, 0.1) is 13.8 Å². The number of sulfonamides is 1. The molecule has 1 amide bonds. The summed E-state index contributed by atoms with van der Waals surface area (Å²) in [5.74, 6) is -0.244. The molecule has 0 bridgehead atoms. The molecule has 1 fully saturated rings. The van der Waals surface area contributed by atoms with Gasteiger partial charge in [0.25, 0.3) is 0 Å². The Morgan fingerprint density at radius 2 is 2.05 bits per heavy atom. The number of aromatic amines is 1. The van der Waals surface area contributed by atoms with Gasteiger partial charge < -0.3 is 10.3 Å². The van der Waals surface area contributed by atoms with Crippen molar-refractivity contribution < 1.29 is 13.2 Å². The average Bonchev–Trinajstić information content (AvgIpc) is 2.54. The third kappa shape index (κ3) is 2.98. The van der Waals surface area contributed by atoms with Crippen molar-refractivity contribution in [3.8, 4) is 0 Å². The van der Waals surface area contributed by atoms with Crippen molar-refractivity contribution in [2.75, 3.05) is 6.54 Å². The summed E-state index contributed by atoms with van der Waals surface area (Å²) in [6, 6.07) is -0.679. The van der Waals surface area contributed by atoms with E-state index in [0.717, 1.165) is 12.8 Å². The van der Waals surface area contributed by atoms with Crippen LogP contribution in [0.2, 0.25) is 0 Å². The second kappa shape index (κ2) is 5.34. The van der Waals surface area contributed by atoms with Crippen LogP contribution in [0.3, 0.4) is 0 Å². The molecule has 1 aromatic rings. The third-order valence-electron chi connectivity index (χ3n) is 3.31. The van der Waals surface area contributed by atoms with Gasteiger partial charge >= 0.3 is 0 Å². The van der Waals surface area contributed by atoms with Crippen LogP contribution in [-0.4, -0.2) is 31.9 Å². The van der Waals surface area contributed by atoms with Crippen molar-refractivity contribution in [2.45, 2.75) is 44.0 Å². The molecular weight excluding hydrogens is 266 g/mol. The van der Waals surface area contributed by atoms with Crippen molar-refractivity contribution in [2.24, 2.45) is 0 Å². The van der Waals surface area contributed by atoms with Crippen LogP contribution >= 0.6 is 0 Å². The fourth-order valence-electron chi connectivity index (χ4n) is 2.35. The first-order chi connectivity index (χ1) is 8.92. The average molecular weight is 285 g/mol. The van der Waals surface area contributed by atoms with Crippen LogP contribution in [-0.2, 0) is 14.8 Å². The molecule has 2 heterocycles. The quantitative estimate of drug-likeness (QED) is 0.758. The van der Waals surface area contributed by atoms with E-state index in [4.69, 9.17) is 0 Å². The van der Waals surface area contributed by atoms with E-state index in [9.17, 15) is 13.2 Å². The number of hydrogen-bond donors (Lipinski definition) is 3. The molecule has 1 aliphatic rings. The molecule has 1 aliphatic heterocycles. The zero-order valence-corrected chi connectivity index (χ0v) is 11.9. The van der Waals surface area contributed by atoms with Gasteiger partial charge in [0.05, 0.1) is 0 Å². The highest BCUT2D eigenvalue weighted by atomic mass is 32.2. The van der Waals surface area contributed by atoms with Crippen molar-refractivity contribution in [1.29, 1.82) is 0 Å². The van der Waals surface area contributed by atoms with E-state index in [0.29, 0.717) is 24.2 Å². The molecule has 0 saturated carbocycles. The predicted molar refractivity (Wildman–Crippen MR) is 71.2 cm³/mol. The number of amides is 1. The third-order valence-corrected chi connectivity index (χ3v) is 5.07. The Morgan fingerprint density at radius 1 is 1.32 bits per heavy atom. The minimum Gasteiger partial charge on any atom is -0.364 e. The maximum absolute atomic E-state index is 12.3. The Hall–Kier alpha value is -1.34. The van der Waals surface area contributed by atoms with Crippen molar-refractivity contribution >= 4 is 15.9 Å². The number of H-pyrrole nitrogens is 1. The summed E-state index contributed by atoms with van der Waals surface area (Å²) in [5, 5.41) is 2.72. The van der Waals surface area contributed by atoms with Gasteiger partial charge in [-0.25, -0.2) is 8.42 Å². The molecule has 106 valence electrons. The SMILES string of the molecule is Cc1c[nH]c(C)c1S(=O)(=O)NC1CCCCNC1=O. The summed E-state index contributed by atoms with van der Waals surface area (Å²) in [6.45, 7) is 4.04. The normalized spacial score (nSPS) is 20.9. The molecule has 19 heavy (non-hydrogen) atoms. The molecule has 1 unspecified atom stereocenters. The highest BCUT2D eigenvalue weighted by Crippen LogP contribution is 2.19. The van der Waals surface area contributed by atoms with E-state index >= 15 is 0 Å². The van der Waals surface area contributed by atoms with E-state index in [-0.39, 0.29) is 10.8 Å². The second-order valence-electron chi connectivity index (χ2n) is 4.89. The van der Waals surface area contributed by atoms with E-state index in [1.54, 1.807) is 20.0 Å². The molecule has 1 atom stereocenters. The van der Waals surface area contributed by atoms with E-state index in [1.807, 2.05) is 0 Å². The Kier molecular flexibility index (Phi) is 3.96. The fourth-order valence-corrected chi connectivity index (χ4v) is 4.02. The first kappa shape index (κ1) is 14.1.